The van der Waals surface area contributed by atoms with Crippen molar-refractivity contribution in [2.24, 2.45) is 46.3 Å². The maximum Gasteiger partial charge on any atom is 0.338 e. The Labute approximate surface area is 251 Å². The Morgan fingerprint density at radius 2 is 1.71 bits per heavy atom. The van der Waals surface area contributed by atoms with Crippen LogP contribution >= 0.6 is 0 Å². The second-order valence-electron chi connectivity index (χ2n) is 14.3. The van der Waals surface area contributed by atoms with E-state index in [2.05, 4.69) is 26.1 Å². The monoisotopic (exact) mass is 603 g/mol. The molecule has 0 aliphatic heterocycles. The topological polar surface area (TPSA) is 130 Å². The molecule has 4 aliphatic rings. The van der Waals surface area contributed by atoms with E-state index < -0.39 is 15.9 Å². The molecule has 3 N–H and O–H groups in total. The lowest BCUT2D eigenvalue weighted by Crippen LogP contribution is -2.58. The number of aliphatic hydroxyl groups excluding tert-OH is 1. The number of carbonyl (C=O) groups excluding carboxylic acids is 2. The molecule has 42 heavy (non-hydrogen) atoms. The van der Waals surface area contributed by atoms with Crippen LogP contribution in [0.15, 0.2) is 30.3 Å². The smallest absolute Gasteiger partial charge is 0.338 e. The summed E-state index contributed by atoms with van der Waals surface area (Å²) >= 11 is 0. The van der Waals surface area contributed by atoms with E-state index in [0.717, 1.165) is 57.8 Å². The van der Waals surface area contributed by atoms with E-state index in [1.54, 1.807) is 12.1 Å². The number of rotatable bonds is 9. The van der Waals surface area contributed by atoms with Gasteiger partial charge in [-0.2, -0.15) is 8.42 Å². The zero-order valence-corrected chi connectivity index (χ0v) is 26.2. The van der Waals surface area contributed by atoms with Crippen molar-refractivity contribution in [2.75, 3.05) is 12.3 Å². The van der Waals surface area contributed by atoms with Crippen LogP contribution in [0.25, 0.3) is 0 Å². The Morgan fingerprint density at radius 1 is 1.02 bits per heavy atom. The molecule has 0 radical (unpaired) electrons. The van der Waals surface area contributed by atoms with Crippen LogP contribution in [0.3, 0.4) is 0 Å². The number of amides is 1. The number of esters is 1. The molecular formula is C33H49NO7S. The van der Waals surface area contributed by atoms with Gasteiger partial charge < -0.3 is 15.2 Å². The molecule has 4 saturated carbocycles. The normalized spacial score (nSPS) is 38.5. The quantitative estimate of drug-likeness (QED) is 0.259. The van der Waals surface area contributed by atoms with Crippen LogP contribution in [0.5, 0.6) is 0 Å². The van der Waals surface area contributed by atoms with Crippen LogP contribution in [0.2, 0.25) is 0 Å². The standard InChI is InChI=1S/C33H49NO7S/c1-21(9-12-29(36)34-17-18-42(38,39)40)25-10-11-26-30-27(14-16-33(25,26)3)32(2)15-13-24(19-23(32)20-28(30)35)41-31(37)22-7-5-4-6-8-22/h4-8,21,23-28,30,35H,9-20H2,1-3H3,(H,34,36)(H,38,39,40)/t21-,23?,24-,25-,26+,27+,28+,30+,32+,33-/m1/s1. The fraction of sp³-hybridized carbons (Fsp3) is 0.758. The molecule has 5 rings (SSSR count). The summed E-state index contributed by atoms with van der Waals surface area (Å²) in [6.07, 6.45) is 8.59. The fourth-order valence-electron chi connectivity index (χ4n) is 10.0. The predicted octanol–water partition coefficient (Wildman–Crippen LogP) is 5.26. The van der Waals surface area contributed by atoms with Crippen molar-refractivity contribution in [3.8, 4) is 0 Å². The predicted molar refractivity (Wildman–Crippen MR) is 160 cm³/mol. The number of hydrogen-bond donors (Lipinski definition) is 3. The summed E-state index contributed by atoms with van der Waals surface area (Å²) in [6.45, 7) is 7.03. The highest BCUT2D eigenvalue weighted by molar-refractivity contribution is 7.85. The lowest BCUT2D eigenvalue weighted by molar-refractivity contribution is -0.174. The van der Waals surface area contributed by atoms with Crippen LogP contribution in [0.4, 0.5) is 0 Å². The molecule has 0 aromatic heterocycles. The van der Waals surface area contributed by atoms with Gasteiger partial charge in [0.2, 0.25) is 5.91 Å². The lowest BCUT2D eigenvalue weighted by atomic mass is 9.43. The fourth-order valence-corrected chi connectivity index (χ4v) is 10.4. The van der Waals surface area contributed by atoms with Crippen molar-refractivity contribution in [3.05, 3.63) is 35.9 Å². The molecule has 0 bridgehead atoms. The third-order valence-electron chi connectivity index (χ3n) is 12.2. The minimum Gasteiger partial charge on any atom is -0.459 e. The zero-order chi connectivity index (χ0) is 30.3. The van der Waals surface area contributed by atoms with Crippen molar-refractivity contribution in [1.82, 2.24) is 5.32 Å². The summed E-state index contributed by atoms with van der Waals surface area (Å²) in [5.41, 5.74) is 0.864. The lowest BCUT2D eigenvalue weighted by Gasteiger charge is -2.62. The van der Waals surface area contributed by atoms with Crippen molar-refractivity contribution in [2.45, 2.75) is 97.2 Å². The molecule has 1 unspecified atom stereocenters. The van der Waals surface area contributed by atoms with Gasteiger partial charge in [0.25, 0.3) is 10.1 Å². The third-order valence-corrected chi connectivity index (χ3v) is 12.9. The summed E-state index contributed by atoms with van der Waals surface area (Å²) in [6, 6.07) is 9.18. The Hall–Kier alpha value is -1.97. The van der Waals surface area contributed by atoms with E-state index in [0.29, 0.717) is 41.6 Å². The average molecular weight is 604 g/mol. The number of fused-ring (bicyclic) bond motifs is 5. The van der Waals surface area contributed by atoms with Gasteiger partial charge >= 0.3 is 5.97 Å². The van der Waals surface area contributed by atoms with E-state index in [-0.39, 0.29) is 47.4 Å². The number of nitrogens with one attached hydrogen (secondary N) is 1. The van der Waals surface area contributed by atoms with Crippen LogP contribution in [0.1, 0.15) is 95.3 Å². The van der Waals surface area contributed by atoms with Crippen molar-refractivity contribution >= 4 is 22.0 Å². The van der Waals surface area contributed by atoms with Gasteiger partial charge in [-0.3, -0.25) is 9.35 Å². The molecule has 1 amide bonds. The first kappa shape index (κ1) is 31.5. The highest BCUT2D eigenvalue weighted by atomic mass is 32.2. The Balaban J connectivity index is 1.19. The van der Waals surface area contributed by atoms with E-state index >= 15 is 0 Å². The summed E-state index contributed by atoms with van der Waals surface area (Å²) < 4.78 is 36.7. The summed E-state index contributed by atoms with van der Waals surface area (Å²) in [7, 11) is -4.09. The van der Waals surface area contributed by atoms with Gasteiger partial charge in [0.15, 0.2) is 0 Å². The largest absolute Gasteiger partial charge is 0.459 e. The Kier molecular flexibility index (Phi) is 9.13. The molecule has 9 heteroatoms. The highest BCUT2D eigenvalue weighted by Crippen LogP contribution is 2.68. The first-order valence-corrected chi connectivity index (χ1v) is 17.6. The number of hydrogen-bond acceptors (Lipinski definition) is 6. The molecule has 0 saturated heterocycles. The third kappa shape index (κ3) is 6.29. The maximum absolute atomic E-state index is 12.7. The number of aliphatic hydroxyl groups is 1. The van der Waals surface area contributed by atoms with Gasteiger partial charge in [-0.05, 0) is 116 Å². The van der Waals surface area contributed by atoms with Crippen molar-refractivity contribution in [1.29, 1.82) is 0 Å². The average Bonchev–Trinajstić information content (AvgIpc) is 3.29. The minimum atomic E-state index is -4.09. The van der Waals surface area contributed by atoms with Gasteiger partial charge in [-0.25, -0.2) is 4.79 Å². The van der Waals surface area contributed by atoms with Gasteiger partial charge in [0.1, 0.15) is 6.10 Å². The number of benzene rings is 1. The molecule has 4 fully saturated rings. The second-order valence-corrected chi connectivity index (χ2v) is 15.9. The number of carbonyl (C=O) groups is 2. The molecule has 0 heterocycles. The SMILES string of the molecule is C[C@H](CCC(=O)NCCS(=O)(=O)O)[C@H]1CC[C@H]2[C@@H]3[C@@H](O)CC4C[C@H](OC(=O)c5ccccc5)CC[C@]4(C)[C@H]3CC[C@]12C. The molecule has 234 valence electrons. The summed E-state index contributed by atoms with van der Waals surface area (Å²) in [5, 5.41) is 14.3. The molecule has 1 aromatic carbocycles. The Morgan fingerprint density at radius 3 is 2.43 bits per heavy atom. The summed E-state index contributed by atoms with van der Waals surface area (Å²) in [5.74, 6) is 1.49. The maximum atomic E-state index is 12.7. The van der Waals surface area contributed by atoms with Crippen molar-refractivity contribution < 1.29 is 32.4 Å². The molecule has 10 atom stereocenters. The second kappa shape index (κ2) is 12.2. The number of ether oxygens (including phenoxy) is 1. The molecule has 1 aromatic rings. The van der Waals surface area contributed by atoms with Crippen molar-refractivity contribution in [3.63, 3.8) is 0 Å². The zero-order valence-electron chi connectivity index (χ0n) is 25.3. The van der Waals surface area contributed by atoms with E-state index in [1.165, 1.54) is 0 Å². The minimum absolute atomic E-state index is 0.0772. The molecular weight excluding hydrogens is 554 g/mol. The Bertz CT molecular complexity index is 1240. The van der Waals surface area contributed by atoms with Crippen LogP contribution in [0, 0.1) is 46.3 Å². The highest BCUT2D eigenvalue weighted by Gasteiger charge is 2.63. The van der Waals surface area contributed by atoms with Crippen LogP contribution in [-0.4, -0.2) is 54.5 Å². The summed E-state index contributed by atoms with van der Waals surface area (Å²) in [4.78, 5) is 25.0. The first-order chi connectivity index (χ1) is 19.8. The molecule has 8 nitrogen and oxygen atoms in total. The van der Waals surface area contributed by atoms with Gasteiger partial charge in [-0.15, -0.1) is 0 Å². The van der Waals surface area contributed by atoms with E-state index in [9.17, 15) is 23.1 Å². The van der Waals surface area contributed by atoms with Gasteiger partial charge in [-0.1, -0.05) is 39.0 Å². The van der Waals surface area contributed by atoms with Crippen LogP contribution < -0.4 is 5.32 Å². The van der Waals surface area contributed by atoms with Crippen LogP contribution in [-0.2, 0) is 19.6 Å². The molecule has 4 aliphatic carbocycles. The molecule has 0 spiro atoms. The van der Waals surface area contributed by atoms with E-state index in [1.807, 2.05) is 18.2 Å². The van der Waals surface area contributed by atoms with Gasteiger partial charge in [0, 0.05) is 13.0 Å². The van der Waals surface area contributed by atoms with Gasteiger partial charge in [0.05, 0.1) is 17.4 Å². The first-order valence-electron chi connectivity index (χ1n) is 16.0. The van der Waals surface area contributed by atoms with E-state index in [4.69, 9.17) is 9.29 Å².